The zero-order chi connectivity index (χ0) is 14.8. The zero-order valence-corrected chi connectivity index (χ0v) is 13.8. The van der Waals surface area contributed by atoms with Crippen molar-refractivity contribution in [3.05, 3.63) is 46.5 Å². The Balaban J connectivity index is 2.46. The SMILES string of the molecule is C=CCCCCCC(Cc1ccc(Cl)cc1Cl)NCC. The lowest BCUT2D eigenvalue weighted by Gasteiger charge is -2.18. The van der Waals surface area contributed by atoms with Crippen LogP contribution in [0.4, 0.5) is 0 Å². The van der Waals surface area contributed by atoms with Crippen molar-refractivity contribution in [2.45, 2.75) is 51.5 Å². The third-order valence-corrected chi connectivity index (χ3v) is 4.02. The molecule has 0 aromatic heterocycles. The molecule has 0 saturated heterocycles. The summed E-state index contributed by atoms with van der Waals surface area (Å²) in [5.41, 5.74) is 1.17. The maximum absolute atomic E-state index is 6.25. The van der Waals surface area contributed by atoms with Gasteiger partial charge in [0.05, 0.1) is 0 Å². The van der Waals surface area contributed by atoms with Gasteiger partial charge in [0, 0.05) is 16.1 Å². The van der Waals surface area contributed by atoms with Gasteiger partial charge in [-0.1, -0.05) is 55.1 Å². The van der Waals surface area contributed by atoms with Crippen molar-refractivity contribution in [3.8, 4) is 0 Å². The Labute approximate surface area is 133 Å². The third kappa shape index (κ3) is 6.78. The summed E-state index contributed by atoms with van der Waals surface area (Å²) in [7, 11) is 0. The molecule has 1 nitrogen and oxygen atoms in total. The molecule has 1 unspecified atom stereocenters. The lowest BCUT2D eigenvalue weighted by molar-refractivity contribution is 0.465. The molecule has 1 N–H and O–H groups in total. The number of hydrogen-bond acceptors (Lipinski definition) is 1. The van der Waals surface area contributed by atoms with E-state index in [2.05, 4.69) is 18.8 Å². The van der Waals surface area contributed by atoms with Crippen molar-refractivity contribution < 1.29 is 0 Å². The van der Waals surface area contributed by atoms with Gasteiger partial charge in [0.1, 0.15) is 0 Å². The van der Waals surface area contributed by atoms with Gasteiger partial charge in [-0.25, -0.2) is 0 Å². The predicted molar refractivity (Wildman–Crippen MR) is 90.9 cm³/mol. The van der Waals surface area contributed by atoms with E-state index in [1.807, 2.05) is 24.3 Å². The van der Waals surface area contributed by atoms with E-state index in [4.69, 9.17) is 23.2 Å². The first-order chi connectivity index (χ1) is 9.67. The molecule has 20 heavy (non-hydrogen) atoms. The second kappa shape index (κ2) is 10.3. The Morgan fingerprint density at radius 2 is 2.05 bits per heavy atom. The monoisotopic (exact) mass is 313 g/mol. The summed E-state index contributed by atoms with van der Waals surface area (Å²) in [6, 6.07) is 6.26. The fourth-order valence-corrected chi connectivity index (χ4v) is 2.86. The average molecular weight is 314 g/mol. The first-order valence-corrected chi connectivity index (χ1v) is 8.21. The highest BCUT2D eigenvalue weighted by atomic mass is 35.5. The molecule has 0 amide bonds. The predicted octanol–water partition coefficient (Wildman–Crippen LogP) is 5.65. The minimum absolute atomic E-state index is 0.488. The van der Waals surface area contributed by atoms with Gasteiger partial charge in [0.25, 0.3) is 0 Å². The largest absolute Gasteiger partial charge is 0.314 e. The number of nitrogens with one attached hydrogen (secondary N) is 1. The van der Waals surface area contributed by atoms with Crippen molar-refractivity contribution in [2.24, 2.45) is 0 Å². The molecular formula is C17H25Cl2N. The van der Waals surface area contributed by atoms with E-state index in [-0.39, 0.29) is 0 Å². The third-order valence-electron chi connectivity index (χ3n) is 3.44. The smallest absolute Gasteiger partial charge is 0.0453 e. The van der Waals surface area contributed by atoms with Gasteiger partial charge in [0.2, 0.25) is 0 Å². The van der Waals surface area contributed by atoms with Gasteiger partial charge in [-0.05, 0) is 49.9 Å². The molecular weight excluding hydrogens is 289 g/mol. The van der Waals surface area contributed by atoms with Gasteiger partial charge >= 0.3 is 0 Å². The highest BCUT2D eigenvalue weighted by Crippen LogP contribution is 2.23. The highest BCUT2D eigenvalue weighted by Gasteiger charge is 2.10. The number of hydrogen-bond donors (Lipinski definition) is 1. The minimum atomic E-state index is 0.488. The maximum atomic E-state index is 6.25. The minimum Gasteiger partial charge on any atom is -0.314 e. The van der Waals surface area contributed by atoms with Crippen LogP contribution in [-0.4, -0.2) is 12.6 Å². The summed E-state index contributed by atoms with van der Waals surface area (Å²) in [6.45, 7) is 6.89. The van der Waals surface area contributed by atoms with E-state index in [1.165, 1.54) is 31.2 Å². The Bertz CT molecular complexity index is 404. The average Bonchev–Trinajstić information content (AvgIpc) is 2.41. The standard InChI is InChI=1S/C17H25Cl2N/c1-3-5-6-7-8-9-16(20-4-2)12-14-10-11-15(18)13-17(14)19/h3,10-11,13,16,20H,1,4-9,12H2,2H3. The van der Waals surface area contributed by atoms with Crippen LogP contribution in [0.5, 0.6) is 0 Å². The molecule has 0 aliphatic heterocycles. The molecule has 0 spiro atoms. The molecule has 0 bridgehead atoms. The Hall–Kier alpha value is -0.500. The molecule has 1 aromatic carbocycles. The number of likely N-dealkylation sites (N-methyl/N-ethyl adjacent to an activating group) is 1. The summed E-state index contributed by atoms with van der Waals surface area (Å²) in [4.78, 5) is 0. The Morgan fingerprint density at radius 1 is 1.25 bits per heavy atom. The first-order valence-electron chi connectivity index (χ1n) is 7.45. The van der Waals surface area contributed by atoms with Crippen LogP contribution in [0, 0.1) is 0 Å². The molecule has 1 atom stereocenters. The van der Waals surface area contributed by atoms with Crippen LogP contribution in [0.1, 0.15) is 44.6 Å². The second-order valence-corrected chi connectivity index (χ2v) is 5.96. The topological polar surface area (TPSA) is 12.0 Å². The molecule has 0 heterocycles. The molecule has 112 valence electrons. The van der Waals surface area contributed by atoms with E-state index in [0.29, 0.717) is 11.1 Å². The van der Waals surface area contributed by atoms with E-state index < -0.39 is 0 Å². The highest BCUT2D eigenvalue weighted by molar-refractivity contribution is 6.35. The molecule has 3 heteroatoms. The van der Waals surface area contributed by atoms with E-state index in [9.17, 15) is 0 Å². The second-order valence-electron chi connectivity index (χ2n) is 5.12. The summed E-state index contributed by atoms with van der Waals surface area (Å²) in [5, 5.41) is 5.02. The number of benzene rings is 1. The number of unbranched alkanes of at least 4 members (excludes halogenated alkanes) is 3. The lowest BCUT2D eigenvalue weighted by Crippen LogP contribution is -2.31. The van der Waals surface area contributed by atoms with Gasteiger partial charge in [-0.2, -0.15) is 0 Å². The first kappa shape index (κ1) is 17.6. The molecule has 0 fully saturated rings. The van der Waals surface area contributed by atoms with Crippen molar-refractivity contribution in [3.63, 3.8) is 0 Å². The van der Waals surface area contributed by atoms with Crippen LogP contribution in [0.2, 0.25) is 10.0 Å². The molecule has 0 aliphatic carbocycles. The molecule has 0 aliphatic rings. The summed E-state index contributed by atoms with van der Waals surface area (Å²) < 4.78 is 0. The van der Waals surface area contributed by atoms with Crippen molar-refractivity contribution >= 4 is 23.2 Å². The molecule has 0 radical (unpaired) electrons. The van der Waals surface area contributed by atoms with E-state index in [1.54, 1.807) is 0 Å². The maximum Gasteiger partial charge on any atom is 0.0453 e. The van der Waals surface area contributed by atoms with E-state index in [0.717, 1.165) is 24.4 Å². The molecule has 0 saturated carbocycles. The normalized spacial score (nSPS) is 12.3. The summed E-state index contributed by atoms with van der Waals surface area (Å²) in [5.74, 6) is 0. The quantitative estimate of drug-likeness (QED) is 0.434. The van der Waals surface area contributed by atoms with Gasteiger partial charge in [0.15, 0.2) is 0 Å². The van der Waals surface area contributed by atoms with Gasteiger partial charge in [-0.15, -0.1) is 6.58 Å². The fraction of sp³-hybridized carbons (Fsp3) is 0.529. The lowest BCUT2D eigenvalue weighted by atomic mass is 10.00. The number of rotatable bonds is 10. The van der Waals surface area contributed by atoms with Crippen molar-refractivity contribution in [1.82, 2.24) is 5.32 Å². The van der Waals surface area contributed by atoms with Gasteiger partial charge < -0.3 is 5.32 Å². The summed E-state index contributed by atoms with van der Waals surface area (Å²) in [6.07, 6.45) is 9.02. The number of allylic oxidation sites excluding steroid dienone is 1. The van der Waals surface area contributed by atoms with Crippen LogP contribution in [-0.2, 0) is 6.42 Å². The fourth-order valence-electron chi connectivity index (χ4n) is 2.37. The number of halogens is 2. The van der Waals surface area contributed by atoms with Crippen molar-refractivity contribution in [1.29, 1.82) is 0 Å². The van der Waals surface area contributed by atoms with Crippen LogP contribution in [0.3, 0.4) is 0 Å². The van der Waals surface area contributed by atoms with E-state index >= 15 is 0 Å². The van der Waals surface area contributed by atoms with Crippen LogP contribution in [0.15, 0.2) is 30.9 Å². The van der Waals surface area contributed by atoms with Crippen LogP contribution < -0.4 is 5.32 Å². The summed E-state index contributed by atoms with van der Waals surface area (Å²) >= 11 is 12.2. The molecule has 1 rings (SSSR count). The zero-order valence-electron chi connectivity index (χ0n) is 12.3. The Morgan fingerprint density at radius 3 is 2.70 bits per heavy atom. The van der Waals surface area contributed by atoms with Gasteiger partial charge in [-0.3, -0.25) is 0 Å². The Kier molecular flexibility index (Phi) is 9.00. The van der Waals surface area contributed by atoms with Crippen LogP contribution >= 0.6 is 23.2 Å². The van der Waals surface area contributed by atoms with Crippen molar-refractivity contribution in [2.75, 3.05) is 6.54 Å². The van der Waals surface area contributed by atoms with Crippen LogP contribution in [0.25, 0.3) is 0 Å². The molecule has 1 aromatic rings.